The first-order chi connectivity index (χ1) is 11.8. The van der Waals surface area contributed by atoms with E-state index >= 15 is 0 Å². The Balaban J connectivity index is 1.73. The van der Waals surface area contributed by atoms with Gasteiger partial charge >= 0.3 is 0 Å². The molecule has 1 aliphatic carbocycles. The van der Waals surface area contributed by atoms with Crippen molar-refractivity contribution in [2.75, 3.05) is 4.90 Å². The van der Waals surface area contributed by atoms with Gasteiger partial charge in [0.2, 0.25) is 0 Å². The van der Waals surface area contributed by atoms with Crippen LogP contribution in [-0.2, 0) is 4.74 Å². The Morgan fingerprint density at radius 1 is 0.833 bits per heavy atom. The van der Waals surface area contributed by atoms with E-state index in [4.69, 9.17) is 4.74 Å². The highest BCUT2D eigenvalue weighted by molar-refractivity contribution is 5.92. The van der Waals surface area contributed by atoms with Gasteiger partial charge in [0.05, 0.1) is 6.04 Å². The van der Waals surface area contributed by atoms with E-state index in [0.717, 1.165) is 0 Å². The molecule has 0 saturated carbocycles. The molecule has 2 nitrogen and oxygen atoms in total. The molecule has 120 valence electrons. The number of anilines is 1. The first-order valence-corrected chi connectivity index (χ1v) is 8.76. The number of fused-ring (bicyclic) bond motifs is 3. The van der Waals surface area contributed by atoms with Crippen LogP contribution in [0.4, 0.5) is 5.69 Å². The lowest BCUT2D eigenvalue weighted by molar-refractivity contribution is 0.0186. The number of nitrogens with zero attached hydrogens (tertiary/aromatic N) is 1. The molecule has 1 saturated heterocycles. The third-order valence-electron chi connectivity index (χ3n) is 5.37. The summed E-state index contributed by atoms with van der Waals surface area (Å²) in [6, 6.07) is 24.2. The number of hydrogen-bond acceptors (Lipinski definition) is 2. The maximum Gasteiger partial charge on any atom is 0.133 e. The maximum atomic E-state index is 6.61. The minimum Gasteiger partial charge on any atom is -0.348 e. The predicted octanol–water partition coefficient (Wildman–Crippen LogP) is 5.45. The van der Waals surface area contributed by atoms with Crippen molar-refractivity contribution in [1.29, 1.82) is 0 Å². The molecular formula is C22H21NO. The standard InChI is InChI=1S/C22H21NO/c1-14(2)22-23(16-10-4-3-5-11-16)20-17-12-6-8-15-9-7-13-18(19(15)17)21(20)24-22/h3-14,20-22H,1-2H3/t20-,21+,22-/m0/s1. The Labute approximate surface area is 142 Å². The molecule has 0 radical (unpaired) electrons. The van der Waals surface area contributed by atoms with Crippen molar-refractivity contribution in [2.24, 2.45) is 5.92 Å². The number of benzene rings is 3. The fraction of sp³-hybridized carbons (Fsp3) is 0.273. The van der Waals surface area contributed by atoms with Gasteiger partial charge in [-0.25, -0.2) is 0 Å². The van der Waals surface area contributed by atoms with Crippen LogP contribution in [0.2, 0.25) is 0 Å². The van der Waals surface area contributed by atoms with Crippen molar-refractivity contribution in [3.05, 3.63) is 77.9 Å². The molecule has 0 N–H and O–H groups in total. The molecule has 1 heterocycles. The molecule has 3 aromatic rings. The predicted molar refractivity (Wildman–Crippen MR) is 98.1 cm³/mol. The molecule has 0 amide bonds. The van der Waals surface area contributed by atoms with E-state index in [1.807, 2.05) is 0 Å². The zero-order valence-electron chi connectivity index (χ0n) is 14.0. The molecule has 5 rings (SSSR count). The second-order valence-corrected chi connectivity index (χ2v) is 7.17. The summed E-state index contributed by atoms with van der Waals surface area (Å²) >= 11 is 0. The van der Waals surface area contributed by atoms with Crippen molar-refractivity contribution in [3.63, 3.8) is 0 Å². The van der Waals surface area contributed by atoms with Crippen LogP contribution in [0.1, 0.15) is 37.1 Å². The number of para-hydroxylation sites is 1. The lowest BCUT2D eigenvalue weighted by atomic mass is 10.0. The van der Waals surface area contributed by atoms with Crippen molar-refractivity contribution in [2.45, 2.75) is 32.2 Å². The SMILES string of the molecule is CC(C)[C@@H]1O[C@@H]2c3cccc4cccc(c34)[C@@H]2N1c1ccccc1. The average molecular weight is 315 g/mol. The molecule has 1 fully saturated rings. The molecule has 2 aliphatic rings. The van der Waals surface area contributed by atoms with Crippen LogP contribution in [-0.4, -0.2) is 6.23 Å². The Morgan fingerprint density at radius 3 is 2.25 bits per heavy atom. The zero-order chi connectivity index (χ0) is 16.3. The topological polar surface area (TPSA) is 12.5 Å². The normalized spacial score (nSPS) is 24.8. The molecule has 1 aliphatic heterocycles. The first-order valence-electron chi connectivity index (χ1n) is 8.76. The summed E-state index contributed by atoms with van der Waals surface area (Å²) in [5, 5.41) is 2.70. The molecule has 3 aromatic carbocycles. The molecular weight excluding hydrogens is 294 g/mol. The second-order valence-electron chi connectivity index (χ2n) is 7.17. The molecule has 24 heavy (non-hydrogen) atoms. The van der Waals surface area contributed by atoms with Gasteiger partial charge in [-0.2, -0.15) is 0 Å². The number of rotatable bonds is 2. The van der Waals surface area contributed by atoms with E-state index < -0.39 is 0 Å². The molecule has 2 heteroatoms. The first kappa shape index (κ1) is 14.1. The summed E-state index contributed by atoms with van der Waals surface area (Å²) in [7, 11) is 0. The van der Waals surface area contributed by atoms with Crippen molar-refractivity contribution < 1.29 is 4.74 Å². The molecule has 0 unspecified atom stereocenters. The largest absolute Gasteiger partial charge is 0.348 e. The van der Waals surface area contributed by atoms with Gasteiger partial charge in [-0.15, -0.1) is 0 Å². The second kappa shape index (κ2) is 5.09. The van der Waals surface area contributed by atoms with E-state index in [1.165, 1.54) is 27.6 Å². The van der Waals surface area contributed by atoms with E-state index in [-0.39, 0.29) is 18.4 Å². The van der Waals surface area contributed by atoms with Crippen LogP contribution in [0.25, 0.3) is 10.8 Å². The smallest absolute Gasteiger partial charge is 0.133 e. The summed E-state index contributed by atoms with van der Waals surface area (Å²) in [6.45, 7) is 4.49. The van der Waals surface area contributed by atoms with Crippen molar-refractivity contribution >= 4 is 16.5 Å². The summed E-state index contributed by atoms with van der Waals surface area (Å²) in [5.74, 6) is 0.433. The third kappa shape index (κ3) is 1.81. The van der Waals surface area contributed by atoms with Crippen LogP contribution in [0.5, 0.6) is 0 Å². The summed E-state index contributed by atoms with van der Waals surface area (Å²) < 4.78 is 6.61. The zero-order valence-corrected chi connectivity index (χ0v) is 14.0. The highest BCUT2D eigenvalue weighted by Gasteiger charge is 2.49. The minimum absolute atomic E-state index is 0.103. The third-order valence-corrected chi connectivity index (χ3v) is 5.37. The van der Waals surface area contributed by atoms with Crippen LogP contribution >= 0.6 is 0 Å². The van der Waals surface area contributed by atoms with Crippen molar-refractivity contribution in [3.8, 4) is 0 Å². The Hall–Kier alpha value is -2.32. The summed E-state index contributed by atoms with van der Waals surface area (Å²) in [4.78, 5) is 2.49. The molecule has 0 bridgehead atoms. The summed E-state index contributed by atoms with van der Waals surface area (Å²) in [6.07, 6.45) is 0.227. The lowest BCUT2D eigenvalue weighted by Gasteiger charge is -2.32. The van der Waals surface area contributed by atoms with E-state index in [0.29, 0.717) is 5.92 Å². The fourth-order valence-electron chi connectivity index (χ4n) is 4.42. The molecule has 0 aromatic heterocycles. The van der Waals surface area contributed by atoms with Gasteiger partial charge in [0.15, 0.2) is 0 Å². The van der Waals surface area contributed by atoms with Crippen molar-refractivity contribution in [1.82, 2.24) is 0 Å². The maximum absolute atomic E-state index is 6.61. The van der Waals surface area contributed by atoms with Gasteiger partial charge in [0.25, 0.3) is 0 Å². The highest BCUT2D eigenvalue weighted by atomic mass is 16.5. The van der Waals surface area contributed by atoms with E-state index in [9.17, 15) is 0 Å². The van der Waals surface area contributed by atoms with Crippen LogP contribution < -0.4 is 4.90 Å². The number of ether oxygens (including phenoxy) is 1. The number of hydrogen-bond donors (Lipinski definition) is 0. The van der Waals surface area contributed by atoms with E-state index in [1.54, 1.807) is 0 Å². The van der Waals surface area contributed by atoms with E-state index in [2.05, 4.69) is 85.5 Å². The van der Waals surface area contributed by atoms with Crippen LogP contribution in [0, 0.1) is 5.92 Å². The minimum atomic E-state index is 0.103. The van der Waals surface area contributed by atoms with Crippen LogP contribution in [0.15, 0.2) is 66.7 Å². The molecule has 3 atom stereocenters. The quantitative estimate of drug-likeness (QED) is 0.623. The van der Waals surface area contributed by atoms with Gasteiger partial charge in [-0.3, -0.25) is 0 Å². The molecule has 0 spiro atoms. The highest BCUT2D eigenvalue weighted by Crippen LogP contribution is 2.56. The Morgan fingerprint density at radius 2 is 1.54 bits per heavy atom. The van der Waals surface area contributed by atoms with Gasteiger partial charge in [-0.1, -0.05) is 68.4 Å². The fourth-order valence-corrected chi connectivity index (χ4v) is 4.42. The Bertz CT molecular complexity index is 897. The van der Waals surface area contributed by atoms with Gasteiger partial charge in [-0.05, 0) is 39.9 Å². The van der Waals surface area contributed by atoms with Gasteiger partial charge < -0.3 is 9.64 Å². The van der Waals surface area contributed by atoms with Gasteiger partial charge in [0.1, 0.15) is 12.3 Å². The monoisotopic (exact) mass is 315 g/mol. The van der Waals surface area contributed by atoms with Crippen LogP contribution in [0.3, 0.4) is 0 Å². The average Bonchev–Trinajstić information content (AvgIpc) is 3.14. The van der Waals surface area contributed by atoms with Gasteiger partial charge in [0, 0.05) is 5.69 Å². The lowest BCUT2D eigenvalue weighted by Crippen LogP contribution is -2.35. The summed E-state index contributed by atoms with van der Waals surface area (Å²) in [5.41, 5.74) is 3.99. The Kier molecular flexibility index (Phi) is 2.98.